The quantitative estimate of drug-likeness (QED) is 0.596. The van der Waals surface area contributed by atoms with Gasteiger partial charge in [-0.05, 0) is 47.9 Å². The topological polar surface area (TPSA) is 68.4 Å². The van der Waals surface area contributed by atoms with Crippen LogP contribution in [0.3, 0.4) is 0 Å². The van der Waals surface area contributed by atoms with Crippen LogP contribution in [-0.4, -0.2) is 20.1 Å². The molecule has 0 radical (unpaired) electrons. The first-order valence-corrected chi connectivity index (χ1v) is 9.90. The number of hydrogen-bond donors (Lipinski definition) is 1. The van der Waals surface area contributed by atoms with Crippen LogP contribution in [0, 0.1) is 0 Å². The summed E-state index contributed by atoms with van der Waals surface area (Å²) >= 11 is 1.56. The van der Waals surface area contributed by atoms with Gasteiger partial charge in [-0.1, -0.05) is 24.3 Å². The predicted octanol–water partition coefficient (Wildman–Crippen LogP) is 2.90. The summed E-state index contributed by atoms with van der Waals surface area (Å²) in [7, 11) is 0. The van der Waals surface area contributed by atoms with Gasteiger partial charge in [0.25, 0.3) is 5.56 Å². The lowest BCUT2D eigenvalue weighted by Crippen LogP contribution is -2.37. The molecule has 0 saturated carbocycles. The van der Waals surface area contributed by atoms with Crippen LogP contribution >= 0.6 is 11.3 Å². The summed E-state index contributed by atoms with van der Waals surface area (Å²) in [5.74, 6) is -0.191. The number of amides is 1. The molecular formula is C20H18N4O2S. The van der Waals surface area contributed by atoms with Gasteiger partial charge in [0.1, 0.15) is 23.2 Å². The van der Waals surface area contributed by atoms with Crippen molar-refractivity contribution < 1.29 is 4.79 Å². The zero-order valence-electron chi connectivity index (χ0n) is 14.6. The summed E-state index contributed by atoms with van der Waals surface area (Å²) < 4.78 is 3.02. The number of carbonyl (C=O) groups excluding carboxylic acids is 1. The molecule has 0 spiro atoms. The van der Waals surface area contributed by atoms with E-state index in [2.05, 4.69) is 22.5 Å². The third-order valence-electron chi connectivity index (χ3n) is 5.20. The third kappa shape index (κ3) is 2.75. The molecule has 0 bridgehead atoms. The molecule has 1 unspecified atom stereocenters. The van der Waals surface area contributed by atoms with Gasteiger partial charge in [-0.25, -0.2) is 4.68 Å². The minimum absolute atomic E-state index is 0.000483. The highest BCUT2D eigenvalue weighted by Crippen LogP contribution is 2.29. The fourth-order valence-corrected chi connectivity index (χ4v) is 4.78. The van der Waals surface area contributed by atoms with Gasteiger partial charge in [0.15, 0.2) is 0 Å². The molecule has 1 aliphatic carbocycles. The van der Waals surface area contributed by atoms with E-state index in [0.29, 0.717) is 5.52 Å². The molecule has 1 aliphatic rings. The Bertz CT molecular complexity index is 1220. The maximum Gasteiger partial charge on any atom is 0.291 e. The molecule has 5 rings (SSSR count). The van der Waals surface area contributed by atoms with E-state index in [9.17, 15) is 9.59 Å². The molecule has 3 aromatic heterocycles. The van der Waals surface area contributed by atoms with Crippen LogP contribution in [0.2, 0.25) is 0 Å². The fourth-order valence-electron chi connectivity index (χ4n) is 3.91. The van der Waals surface area contributed by atoms with Gasteiger partial charge in [0.2, 0.25) is 5.91 Å². The van der Waals surface area contributed by atoms with E-state index in [0.717, 1.165) is 29.5 Å². The zero-order chi connectivity index (χ0) is 18.4. The van der Waals surface area contributed by atoms with Gasteiger partial charge >= 0.3 is 0 Å². The molecule has 4 aromatic rings. The molecule has 136 valence electrons. The maximum atomic E-state index is 12.7. The van der Waals surface area contributed by atoms with E-state index in [1.165, 1.54) is 15.8 Å². The first-order chi connectivity index (χ1) is 13.2. The Balaban J connectivity index is 1.40. The van der Waals surface area contributed by atoms with Crippen LogP contribution in [0.4, 0.5) is 0 Å². The average Bonchev–Trinajstić information content (AvgIpc) is 3.26. The Morgan fingerprint density at radius 3 is 3.11 bits per heavy atom. The number of nitrogens with zero attached hydrogens (tertiary/aromatic N) is 3. The zero-order valence-corrected chi connectivity index (χ0v) is 15.4. The van der Waals surface area contributed by atoms with Crippen LogP contribution in [0.15, 0.2) is 52.9 Å². The minimum atomic E-state index is -0.250. The van der Waals surface area contributed by atoms with E-state index in [1.807, 2.05) is 29.6 Å². The highest BCUT2D eigenvalue weighted by atomic mass is 32.1. The summed E-state index contributed by atoms with van der Waals surface area (Å²) in [5.41, 5.74) is 2.77. The molecule has 6 nitrogen and oxygen atoms in total. The highest BCUT2D eigenvalue weighted by Gasteiger charge is 2.22. The van der Waals surface area contributed by atoms with Crippen molar-refractivity contribution in [2.45, 2.75) is 31.8 Å². The average molecular weight is 378 g/mol. The minimum Gasteiger partial charge on any atom is -0.348 e. The summed E-state index contributed by atoms with van der Waals surface area (Å²) in [4.78, 5) is 26.3. The van der Waals surface area contributed by atoms with Crippen molar-refractivity contribution in [3.8, 4) is 0 Å². The Hall–Kier alpha value is -2.93. The number of nitrogens with one attached hydrogen (secondary N) is 1. The summed E-state index contributed by atoms with van der Waals surface area (Å²) in [6, 6.07) is 12.0. The van der Waals surface area contributed by atoms with Crippen molar-refractivity contribution in [3.05, 3.63) is 69.6 Å². The van der Waals surface area contributed by atoms with Crippen molar-refractivity contribution >= 4 is 33.0 Å². The number of benzene rings is 1. The molecule has 0 saturated heterocycles. The van der Waals surface area contributed by atoms with E-state index in [4.69, 9.17) is 0 Å². The van der Waals surface area contributed by atoms with Gasteiger partial charge in [-0.15, -0.1) is 11.3 Å². The van der Waals surface area contributed by atoms with Gasteiger partial charge in [-0.3, -0.25) is 14.0 Å². The fraction of sp³-hybridized carbons (Fsp3) is 0.250. The lowest BCUT2D eigenvalue weighted by atomic mass is 9.88. The number of aryl methyl sites for hydroxylation is 1. The van der Waals surface area contributed by atoms with Crippen LogP contribution in [0.25, 0.3) is 15.7 Å². The molecule has 1 atom stereocenters. The predicted molar refractivity (Wildman–Crippen MR) is 105 cm³/mol. The molecule has 0 fully saturated rings. The van der Waals surface area contributed by atoms with E-state index in [1.54, 1.807) is 22.1 Å². The van der Waals surface area contributed by atoms with Crippen molar-refractivity contribution in [3.63, 3.8) is 0 Å². The second-order valence-corrected chi connectivity index (χ2v) is 7.78. The lowest BCUT2D eigenvalue weighted by molar-refractivity contribution is -0.122. The molecule has 0 aliphatic heterocycles. The largest absolute Gasteiger partial charge is 0.348 e. The highest BCUT2D eigenvalue weighted by molar-refractivity contribution is 7.16. The summed E-state index contributed by atoms with van der Waals surface area (Å²) in [6.45, 7) is -0.0766. The summed E-state index contributed by atoms with van der Waals surface area (Å²) in [5, 5.41) is 10.3. The summed E-state index contributed by atoms with van der Waals surface area (Å²) in [6.07, 6.45) is 4.62. The van der Waals surface area contributed by atoms with E-state index >= 15 is 0 Å². The Kier molecular flexibility index (Phi) is 3.82. The second-order valence-electron chi connectivity index (χ2n) is 6.89. The molecule has 1 amide bonds. The monoisotopic (exact) mass is 378 g/mol. The van der Waals surface area contributed by atoms with Crippen molar-refractivity contribution in [2.24, 2.45) is 0 Å². The molecule has 1 N–H and O–H groups in total. The van der Waals surface area contributed by atoms with E-state index < -0.39 is 0 Å². The molecule has 27 heavy (non-hydrogen) atoms. The Morgan fingerprint density at radius 1 is 1.30 bits per heavy atom. The normalized spacial score (nSPS) is 16.5. The number of hydrogen-bond acceptors (Lipinski definition) is 4. The number of aromatic nitrogens is 3. The smallest absolute Gasteiger partial charge is 0.291 e. The van der Waals surface area contributed by atoms with Crippen molar-refractivity contribution in [2.75, 3.05) is 0 Å². The van der Waals surface area contributed by atoms with Gasteiger partial charge < -0.3 is 5.32 Å². The second kappa shape index (κ2) is 6.35. The van der Waals surface area contributed by atoms with E-state index in [-0.39, 0.29) is 24.1 Å². The first-order valence-electron chi connectivity index (χ1n) is 9.02. The van der Waals surface area contributed by atoms with Gasteiger partial charge in [0, 0.05) is 5.39 Å². The number of carbonyl (C=O) groups is 1. The Morgan fingerprint density at radius 2 is 2.19 bits per heavy atom. The van der Waals surface area contributed by atoms with Crippen LogP contribution in [0.5, 0.6) is 0 Å². The third-order valence-corrected chi connectivity index (χ3v) is 6.13. The first kappa shape index (κ1) is 16.3. The number of fused-ring (bicyclic) bond motifs is 4. The van der Waals surface area contributed by atoms with Crippen LogP contribution < -0.4 is 10.9 Å². The van der Waals surface area contributed by atoms with Crippen molar-refractivity contribution in [1.29, 1.82) is 0 Å². The number of thiophene rings is 1. The molecule has 3 heterocycles. The molecule has 1 aromatic carbocycles. The number of rotatable bonds is 3. The van der Waals surface area contributed by atoms with Crippen LogP contribution in [0.1, 0.15) is 30.0 Å². The van der Waals surface area contributed by atoms with Crippen LogP contribution in [-0.2, 0) is 17.8 Å². The van der Waals surface area contributed by atoms with Crippen molar-refractivity contribution in [1.82, 2.24) is 19.5 Å². The standard InChI is InChI=1S/C20H18N4O2S/c25-18(22-16-7-3-5-13-4-1-2-6-15(13)16)11-24-19(26)17-10-14-8-9-27-20(14)23(17)12-21-24/h1-2,4,6,8-10,12,16H,3,5,7,11H2,(H,22,25). The molecular weight excluding hydrogens is 360 g/mol. The Labute approximate surface area is 159 Å². The van der Waals surface area contributed by atoms with Gasteiger partial charge in [0.05, 0.1) is 6.04 Å². The maximum absolute atomic E-state index is 12.7. The SMILES string of the molecule is O=C(Cn1ncn2c(cc3ccsc32)c1=O)NC1CCCc2ccccc21. The molecule has 7 heteroatoms. The lowest BCUT2D eigenvalue weighted by Gasteiger charge is -2.26. The van der Waals surface area contributed by atoms with Gasteiger partial charge in [-0.2, -0.15) is 5.10 Å².